The highest BCUT2D eigenvalue weighted by Crippen LogP contribution is 2.48. The quantitative estimate of drug-likeness (QED) is 0.848. The Balaban J connectivity index is 1.64. The normalized spacial score (nSPS) is 30.6. The molecule has 2 heterocycles. The molecule has 98 valence electrons. The Bertz CT molecular complexity index is 473. The van der Waals surface area contributed by atoms with Crippen molar-refractivity contribution in [1.29, 1.82) is 0 Å². The third-order valence-electron chi connectivity index (χ3n) is 4.42. The second-order valence-corrected chi connectivity index (χ2v) is 7.03. The van der Waals surface area contributed by atoms with Gasteiger partial charge in [-0.25, -0.2) is 9.78 Å². The molecule has 0 aromatic carbocycles. The van der Waals surface area contributed by atoms with E-state index in [1.165, 1.54) is 30.6 Å². The molecule has 0 radical (unpaired) electrons. The van der Waals surface area contributed by atoms with Crippen LogP contribution in [0.4, 0.5) is 9.80 Å². The maximum Gasteiger partial charge on any atom is 0.322 e. The van der Waals surface area contributed by atoms with Gasteiger partial charge < -0.3 is 4.90 Å². The number of carbonyl (C=O) groups is 1. The molecule has 5 heteroatoms. The van der Waals surface area contributed by atoms with Crippen molar-refractivity contribution in [3.63, 3.8) is 0 Å². The van der Waals surface area contributed by atoms with E-state index in [1.807, 2.05) is 11.8 Å². The van der Waals surface area contributed by atoms with E-state index in [0.29, 0.717) is 11.3 Å². The van der Waals surface area contributed by atoms with Crippen molar-refractivity contribution in [1.82, 2.24) is 9.88 Å². The number of aromatic nitrogens is 1. The van der Waals surface area contributed by atoms with Gasteiger partial charge in [0.2, 0.25) is 0 Å². The van der Waals surface area contributed by atoms with E-state index in [1.54, 1.807) is 6.20 Å². The molecule has 1 aliphatic carbocycles. The number of urea groups is 1. The van der Waals surface area contributed by atoms with Gasteiger partial charge in [-0.1, -0.05) is 13.3 Å². The van der Waals surface area contributed by atoms with E-state index in [0.717, 1.165) is 23.1 Å². The van der Waals surface area contributed by atoms with Crippen LogP contribution in [0.5, 0.6) is 0 Å². The number of anilines is 1. The predicted octanol–water partition coefficient (Wildman–Crippen LogP) is 3.11. The summed E-state index contributed by atoms with van der Waals surface area (Å²) < 4.78 is 0. The smallest absolute Gasteiger partial charge is 0.322 e. The van der Waals surface area contributed by atoms with Crippen LogP contribution >= 0.6 is 11.3 Å². The number of aryl methyl sites for hydroxylation is 1. The molecule has 2 amide bonds. The van der Waals surface area contributed by atoms with Crippen molar-refractivity contribution >= 4 is 22.4 Å². The average molecular weight is 265 g/mol. The number of amides is 2. The Morgan fingerprint density at radius 1 is 1.67 bits per heavy atom. The van der Waals surface area contributed by atoms with Crippen molar-refractivity contribution < 1.29 is 4.79 Å². The van der Waals surface area contributed by atoms with Crippen LogP contribution in [0.1, 0.15) is 31.2 Å². The third kappa shape index (κ3) is 2.00. The summed E-state index contributed by atoms with van der Waals surface area (Å²) in [7, 11) is 0. The van der Waals surface area contributed by atoms with Crippen LogP contribution in [0.3, 0.4) is 0 Å². The van der Waals surface area contributed by atoms with Crippen molar-refractivity contribution in [3.8, 4) is 0 Å². The fourth-order valence-electron chi connectivity index (χ4n) is 3.35. The van der Waals surface area contributed by atoms with E-state index >= 15 is 0 Å². The molecule has 1 aromatic heterocycles. The Morgan fingerprint density at radius 3 is 3.17 bits per heavy atom. The van der Waals surface area contributed by atoms with Crippen molar-refractivity contribution in [2.75, 3.05) is 18.4 Å². The first kappa shape index (κ1) is 12.0. The maximum absolute atomic E-state index is 12.2. The second kappa shape index (κ2) is 4.23. The van der Waals surface area contributed by atoms with E-state index in [9.17, 15) is 4.79 Å². The molecule has 3 rings (SSSR count). The van der Waals surface area contributed by atoms with Gasteiger partial charge in [-0.2, -0.15) is 0 Å². The van der Waals surface area contributed by atoms with Gasteiger partial charge in [0.15, 0.2) is 0 Å². The van der Waals surface area contributed by atoms with E-state index in [2.05, 4.69) is 17.2 Å². The highest BCUT2D eigenvalue weighted by atomic mass is 32.1. The zero-order valence-electron chi connectivity index (χ0n) is 10.9. The monoisotopic (exact) mass is 265 g/mol. The van der Waals surface area contributed by atoms with Crippen molar-refractivity contribution in [2.24, 2.45) is 11.3 Å². The first-order valence-electron chi connectivity index (χ1n) is 6.55. The molecule has 1 saturated heterocycles. The Hall–Kier alpha value is -1.10. The number of rotatable bonds is 1. The fraction of sp³-hybridized carbons (Fsp3) is 0.692. The molecule has 1 aromatic rings. The summed E-state index contributed by atoms with van der Waals surface area (Å²) >= 11 is 1.53. The SMILES string of the molecule is Cc1ncc(NC(=O)N2CC3CCC[C@]3(C)C2)s1. The summed E-state index contributed by atoms with van der Waals surface area (Å²) in [5.74, 6) is 0.700. The summed E-state index contributed by atoms with van der Waals surface area (Å²) in [5.41, 5.74) is 0.362. The lowest BCUT2D eigenvalue weighted by molar-refractivity contribution is 0.214. The third-order valence-corrected chi connectivity index (χ3v) is 5.25. The van der Waals surface area contributed by atoms with Crippen molar-refractivity contribution in [3.05, 3.63) is 11.2 Å². The van der Waals surface area contributed by atoms with Gasteiger partial charge in [-0.15, -0.1) is 11.3 Å². The number of carbonyl (C=O) groups excluding carboxylic acids is 1. The average Bonchev–Trinajstić information content (AvgIpc) is 2.92. The standard InChI is InChI=1S/C13H19N3OS/c1-9-14-6-11(18-9)15-12(17)16-7-10-4-3-5-13(10,2)8-16/h6,10H,3-5,7-8H2,1-2H3,(H,15,17)/t10?,13-/m1/s1. The van der Waals surface area contributed by atoms with Crippen LogP contribution in [0, 0.1) is 18.3 Å². The maximum atomic E-state index is 12.2. The van der Waals surface area contributed by atoms with Crippen LogP contribution in [-0.2, 0) is 0 Å². The summed E-state index contributed by atoms with van der Waals surface area (Å²) in [4.78, 5) is 18.3. The van der Waals surface area contributed by atoms with Crippen LogP contribution < -0.4 is 5.32 Å². The van der Waals surface area contributed by atoms with Gasteiger partial charge in [0, 0.05) is 13.1 Å². The summed E-state index contributed by atoms with van der Waals surface area (Å²) in [6.07, 6.45) is 5.60. The zero-order valence-corrected chi connectivity index (χ0v) is 11.7. The molecule has 1 aliphatic heterocycles. The number of hydrogen-bond acceptors (Lipinski definition) is 3. The minimum Gasteiger partial charge on any atom is -0.324 e. The lowest BCUT2D eigenvalue weighted by Crippen LogP contribution is -2.34. The van der Waals surface area contributed by atoms with Gasteiger partial charge in [-0.05, 0) is 31.1 Å². The first-order valence-corrected chi connectivity index (χ1v) is 7.37. The molecule has 1 saturated carbocycles. The zero-order chi connectivity index (χ0) is 12.8. The van der Waals surface area contributed by atoms with E-state index < -0.39 is 0 Å². The van der Waals surface area contributed by atoms with E-state index in [-0.39, 0.29) is 6.03 Å². The lowest BCUT2D eigenvalue weighted by Gasteiger charge is -2.22. The number of thiazole rings is 1. The van der Waals surface area contributed by atoms with Crippen LogP contribution in [-0.4, -0.2) is 29.0 Å². The molecule has 1 unspecified atom stereocenters. The highest BCUT2D eigenvalue weighted by molar-refractivity contribution is 7.15. The largest absolute Gasteiger partial charge is 0.324 e. The van der Waals surface area contributed by atoms with Crippen molar-refractivity contribution in [2.45, 2.75) is 33.1 Å². The summed E-state index contributed by atoms with van der Waals surface area (Å²) in [6, 6.07) is 0.0364. The summed E-state index contributed by atoms with van der Waals surface area (Å²) in [6.45, 7) is 6.10. The number of nitrogens with one attached hydrogen (secondary N) is 1. The van der Waals surface area contributed by atoms with Gasteiger partial charge in [-0.3, -0.25) is 5.32 Å². The molecule has 2 fully saturated rings. The number of hydrogen-bond donors (Lipinski definition) is 1. The minimum absolute atomic E-state index is 0.0364. The highest BCUT2D eigenvalue weighted by Gasteiger charge is 2.47. The van der Waals surface area contributed by atoms with Gasteiger partial charge in [0.25, 0.3) is 0 Å². The number of likely N-dealkylation sites (tertiary alicyclic amines) is 1. The Morgan fingerprint density at radius 2 is 2.50 bits per heavy atom. The molecule has 1 N–H and O–H groups in total. The van der Waals surface area contributed by atoms with Crippen LogP contribution in [0.2, 0.25) is 0 Å². The van der Waals surface area contributed by atoms with Gasteiger partial charge in [0.1, 0.15) is 5.00 Å². The van der Waals surface area contributed by atoms with Crippen LogP contribution in [0.15, 0.2) is 6.20 Å². The molecular weight excluding hydrogens is 246 g/mol. The number of fused-ring (bicyclic) bond motifs is 1. The molecular formula is C13H19N3OS. The first-order chi connectivity index (χ1) is 8.57. The second-order valence-electron chi connectivity index (χ2n) is 5.80. The van der Waals surface area contributed by atoms with Gasteiger partial charge in [0.05, 0.1) is 11.2 Å². The molecule has 2 aliphatic rings. The topological polar surface area (TPSA) is 45.2 Å². The number of nitrogens with zero attached hydrogens (tertiary/aromatic N) is 2. The predicted molar refractivity (Wildman–Crippen MR) is 72.9 cm³/mol. The lowest BCUT2D eigenvalue weighted by atomic mass is 9.83. The minimum atomic E-state index is 0.0364. The molecule has 0 bridgehead atoms. The van der Waals surface area contributed by atoms with E-state index in [4.69, 9.17) is 0 Å². The molecule has 4 nitrogen and oxygen atoms in total. The molecule has 18 heavy (non-hydrogen) atoms. The Labute approximate surface area is 111 Å². The Kier molecular flexibility index (Phi) is 2.81. The summed E-state index contributed by atoms with van der Waals surface area (Å²) in [5, 5.41) is 4.78. The van der Waals surface area contributed by atoms with Crippen LogP contribution in [0.25, 0.3) is 0 Å². The van der Waals surface area contributed by atoms with Gasteiger partial charge >= 0.3 is 6.03 Å². The molecule has 2 atom stereocenters. The molecule has 0 spiro atoms. The fourth-order valence-corrected chi connectivity index (χ4v) is 4.02.